The molecule has 23 heavy (non-hydrogen) atoms. The molecule has 0 atom stereocenters. The number of allylic oxidation sites excluding steroid dienone is 1. The first kappa shape index (κ1) is 17.7. The Morgan fingerprint density at radius 1 is 1.43 bits per heavy atom. The van der Waals surface area contributed by atoms with E-state index in [1.165, 1.54) is 17.1 Å². The Kier molecular flexibility index (Phi) is 5.96. The molecule has 0 spiro atoms. The molecule has 1 aromatic rings. The van der Waals surface area contributed by atoms with Gasteiger partial charge in [0.1, 0.15) is 5.00 Å². The highest BCUT2D eigenvalue weighted by atomic mass is 32.1. The minimum atomic E-state index is 0.0358. The maximum Gasteiger partial charge on any atom is 0.327 e. The maximum atomic E-state index is 12.8. The lowest BCUT2D eigenvalue weighted by Gasteiger charge is -2.41. The van der Waals surface area contributed by atoms with Gasteiger partial charge in [0.05, 0.1) is 19.0 Å². The Hall–Kier alpha value is -1.66. The summed E-state index contributed by atoms with van der Waals surface area (Å²) >= 11 is 1.42. The van der Waals surface area contributed by atoms with Gasteiger partial charge in [-0.1, -0.05) is 24.6 Å². The van der Waals surface area contributed by atoms with Gasteiger partial charge in [-0.15, -0.1) is 6.58 Å². The zero-order chi connectivity index (χ0) is 17.0. The SMILES string of the molecule is C=CCN1CN(C/C(C)=C/C)CN(c2snc(CC)c2C)C1=O. The van der Waals surface area contributed by atoms with Crippen molar-refractivity contribution in [1.82, 2.24) is 14.2 Å². The molecule has 0 unspecified atom stereocenters. The van der Waals surface area contributed by atoms with Crippen LogP contribution in [-0.4, -0.2) is 46.6 Å². The smallest absolute Gasteiger partial charge is 0.308 e. The zero-order valence-corrected chi connectivity index (χ0v) is 15.3. The molecular formula is C17H26N4OS. The summed E-state index contributed by atoms with van der Waals surface area (Å²) in [7, 11) is 0. The zero-order valence-electron chi connectivity index (χ0n) is 14.5. The monoisotopic (exact) mass is 334 g/mol. The number of rotatable bonds is 6. The molecule has 2 rings (SSSR count). The molecule has 0 saturated carbocycles. The molecule has 6 heteroatoms. The van der Waals surface area contributed by atoms with Crippen LogP contribution in [0.2, 0.25) is 0 Å². The van der Waals surface area contributed by atoms with Gasteiger partial charge >= 0.3 is 6.03 Å². The van der Waals surface area contributed by atoms with E-state index in [1.54, 1.807) is 6.08 Å². The summed E-state index contributed by atoms with van der Waals surface area (Å²) in [5.41, 5.74) is 3.50. The van der Waals surface area contributed by atoms with Crippen LogP contribution in [0.1, 0.15) is 32.0 Å². The molecule has 0 aromatic carbocycles. The molecule has 126 valence electrons. The van der Waals surface area contributed by atoms with Gasteiger partial charge in [0.2, 0.25) is 0 Å². The Bertz CT molecular complexity index is 608. The molecule has 1 aliphatic rings. The number of hydrogen-bond donors (Lipinski definition) is 0. The van der Waals surface area contributed by atoms with Crippen molar-refractivity contribution in [3.05, 3.63) is 35.6 Å². The van der Waals surface area contributed by atoms with Crippen molar-refractivity contribution in [2.24, 2.45) is 0 Å². The number of aromatic nitrogens is 1. The highest BCUT2D eigenvalue weighted by molar-refractivity contribution is 7.10. The van der Waals surface area contributed by atoms with Gasteiger partial charge in [-0.05, 0) is 38.7 Å². The molecule has 0 bridgehead atoms. The normalized spacial score (nSPS) is 17.0. The molecule has 0 N–H and O–H groups in total. The highest BCUT2D eigenvalue weighted by Crippen LogP contribution is 2.31. The molecule has 1 aliphatic heterocycles. The fraction of sp³-hybridized carbons (Fsp3) is 0.529. The van der Waals surface area contributed by atoms with E-state index in [2.05, 4.69) is 42.7 Å². The van der Waals surface area contributed by atoms with Crippen LogP contribution in [-0.2, 0) is 6.42 Å². The lowest BCUT2D eigenvalue weighted by molar-refractivity contribution is 0.129. The average Bonchev–Trinajstić information content (AvgIpc) is 2.91. The third-order valence-corrected chi connectivity index (χ3v) is 5.12. The number of carbonyl (C=O) groups is 1. The van der Waals surface area contributed by atoms with Gasteiger partial charge in [0, 0.05) is 18.7 Å². The number of amides is 2. The van der Waals surface area contributed by atoms with Crippen LogP contribution in [0.3, 0.4) is 0 Å². The van der Waals surface area contributed by atoms with Gasteiger partial charge in [-0.2, -0.15) is 4.37 Å². The van der Waals surface area contributed by atoms with E-state index in [9.17, 15) is 4.79 Å². The lowest BCUT2D eigenvalue weighted by Crippen LogP contribution is -2.58. The van der Waals surface area contributed by atoms with Crippen LogP contribution in [0.4, 0.5) is 9.80 Å². The summed E-state index contributed by atoms with van der Waals surface area (Å²) in [6.07, 6.45) is 4.78. The predicted octanol–water partition coefficient (Wildman–Crippen LogP) is 3.63. The van der Waals surface area contributed by atoms with Gasteiger partial charge in [-0.3, -0.25) is 9.80 Å². The van der Waals surface area contributed by atoms with Crippen LogP contribution in [0.25, 0.3) is 0 Å². The second-order valence-electron chi connectivity index (χ2n) is 5.88. The molecule has 1 aromatic heterocycles. The van der Waals surface area contributed by atoms with Crippen molar-refractivity contribution in [1.29, 1.82) is 0 Å². The molecule has 2 heterocycles. The number of carbonyl (C=O) groups excluding carboxylic acids is 1. The van der Waals surface area contributed by atoms with Crippen molar-refractivity contribution >= 4 is 22.6 Å². The molecule has 0 aliphatic carbocycles. The van der Waals surface area contributed by atoms with Crippen molar-refractivity contribution in [2.45, 2.75) is 34.1 Å². The van der Waals surface area contributed by atoms with E-state index in [0.717, 1.165) is 29.2 Å². The van der Waals surface area contributed by atoms with Crippen LogP contribution in [0, 0.1) is 6.92 Å². The number of urea groups is 1. The maximum absolute atomic E-state index is 12.8. The van der Waals surface area contributed by atoms with E-state index < -0.39 is 0 Å². The minimum absolute atomic E-state index is 0.0358. The summed E-state index contributed by atoms with van der Waals surface area (Å²) in [5, 5.41) is 0.962. The fourth-order valence-electron chi connectivity index (χ4n) is 2.70. The number of anilines is 1. The summed E-state index contributed by atoms with van der Waals surface area (Å²) < 4.78 is 4.50. The van der Waals surface area contributed by atoms with E-state index in [4.69, 9.17) is 0 Å². The van der Waals surface area contributed by atoms with Gasteiger partial charge in [0.25, 0.3) is 0 Å². The lowest BCUT2D eigenvalue weighted by atomic mass is 10.2. The first-order chi connectivity index (χ1) is 11.0. The van der Waals surface area contributed by atoms with Crippen molar-refractivity contribution in [3.63, 3.8) is 0 Å². The minimum Gasteiger partial charge on any atom is -0.308 e. The number of hydrogen-bond acceptors (Lipinski definition) is 4. The van der Waals surface area contributed by atoms with Crippen molar-refractivity contribution in [3.8, 4) is 0 Å². The molecule has 1 saturated heterocycles. The standard InChI is InChI=1S/C17H26N4OS/c1-6-9-20-11-19(10-13(4)7-2)12-21(17(20)22)16-14(5)15(8-3)18-23-16/h6-7H,1,8-12H2,2-5H3/b13-7+. The Labute approximate surface area is 143 Å². The Balaban J connectivity index is 2.29. The summed E-state index contributed by atoms with van der Waals surface area (Å²) in [4.78, 5) is 18.8. The quantitative estimate of drug-likeness (QED) is 0.746. The Morgan fingerprint density at radius 2 is 2.17 bits per heavy atom. The molecule has 2 amide bonds. The predicted molar refractivity (Wildman–Crippen MR) is 96.9 cm³/mol. The average molecular weight is 334 g/mol. The Morgan fingerprint density at radius 3 is 2.74 bits per heavy atom. The van der Waals surface area contributed by atoms with E-state index in [1.807, 2.05) is 16.7 Å². The van der Waals surface area contributed by atoms with E-state index >= 15 is 0 Å². The highest BCUT2D eigenvalue weighted by Gasteiger charge is 2.32. The summed E-state index contributed by atoms with van der Waals surface area (Å²) in [6, 6.07) is 0.0358. The third-order valence-electron chi connectivity index (χ3n) is 4.10. The molecular weight excluding hydrogens is 308 g/mol. The number of nitrogens with zero attached hydrogens (tertiary/aromatic N) is 4. The van der Waals surface area contributed by atoms with Gasteiger partial charge in [-0.25, -0.2) is 4.79 Å². The first-order valence-corrected chi connectivity index (χ1v) is 8.75. The second-order valence-corrected chi connectivity index (χ2v) is 6.63. The molecule has 1 fully saturated rings. The van der Waals surface area contributed by atoms with Crippen molar-refractivity contribution in [2.75, 3.05) is 31.3 Å². The largest absolute Gasteiger partial charge is 0.327 e. The summed E-state index contributed by atoms with van der Waals surface area (Å²) in [5.74, 6) is 0. The van der Waals surface area contributed by atoms with Crippen LogP contribution in [0.5, 0.6) is 0 Å². The van der Waals surface area contributed by atoms with Gasteiger partial charge < -0.3 is 4.90 Å². The number of aryl methyl sites for hydroxylation is 1. The van der Waals surface area contributed by atoms with E-state index in [-0.39, 0.29) is 6.03 Å². The molecule has 5 nitrogen and oxygen atoms in total. The topological polar surface area (TPSA) is 39.7 Å². The molecule has 0 radical (unpaired) electrons. The fourth-order valence-corrected chi connectivity index (χ4v) is 3.66. The van der Waals surface area contributed by atoms with Crippen LogP contribution >= 0.6 is 11.5 Å². The van der Waals surface area contributed by atoms with Crippen LogP contribution < -0.4 is 4.90 Å². The third kappa shape index (κ3) is 3.82. The first-order valence-electron chi connectivity index (χ1n) is 7.98. The summed E-state index contributed by atoms with van der Waals surface area (Å²) in [6.45, 7) is 14.7. The van der Waals surface area contributed by atoms with Crippen LogP contribution in [0.15, 0.2) is 24.3 Å². The second kappa shape index (κ2) is 7.75. The van der Waals surface area contributed by atoms with Crippen molar-refractivity contribution < 1.29 is 4.79 Å². The van der Waals surface area contributed by atoms with Gasteiger partial charge in [0.15, 0.2) is 0 Å². The van der Waals surface area contributed by atoms with E-state index in [0.29, 0.717) is 19.9 Å².